The van der Waals surface area contributed by atoms with Gasteiger partial charge in [-0.3, -0.25) is 0 Å². The molecule has 0 amide bonds. The third kappa shape index (κ3) is 3.29. The van der Waals surface area contributed by atoms with Gasteiger partial charge in [0, 0.05) is 0 Å². The van der Waals surface area contributed by atoms with Crippen LogP contribution in [0.5, 0.6) is 0 Å². The Morgan fingerprint density at radius 3 is 2.82 bits per heavy atom. The van der Waals surface area contributed by atoms with Crippen molar-refractivity contribution in [1.82, 2.24) is 0 Å². The van der Waals surface area contributed by atoms with E-state index in [4.69, 9.17) is 16.3 Å². The minimum absolute atomic E-state index is 0.0341. The van der Waals surface area contributed by atoms with Gasteiger partial charge in [0.2, 0.25) is 0 Å². The first-order chi connectivity index (χ1) is 8.20. The van der Waals surface area contributed by atoms with Gasteiger partial charge in [-0.2, -0.15) is 0 Å². The molecule has 1 aliphatic rings. The Morgan fingerprint density at radius 2 is 2.18 bits per heavy atom. The van der Waals surface area contributed by atoms with Gasteiger partial charge in [0.15, 0.2) is 0 Å². The van der Waals surface area contributed by atoms with E-state index in [9.17, 15) is 4.79 Å². The average molecular weight is 334 g/mol. The van der Waals surface area contributed by atoms with E-state index in [0.717, 1.165) is 15.5 Å². The number of ether oxygens (including phenoxy) is 1. The standard InChI is InChI=1S/C12H11ClO2SSe/c1-2-15-11(14)12-16-10(7-17-12)8-3-5-9(13)6-4-8/h3-7,12H,2H2,1H3. The molecule has 1 aliphatic heterocycles. The molecule has 2 nitrogen and oxygen atoms in total. The Hall–Kier alpha value is -0.411. The van der Waals surface area contributed by atoms with E-state index in [2.05, 4.69) is 4.97 Å². The number of benzene rings is 1. The Kier molecular flexibility index (Phi) is 4.57. The van der Waals surface area contributed by atoms with Crippen molar-refractivity contribution in [3.63, 3.8) is 0 Å². The van der Waals surface area contributed by atoms with Crippen molar-refractivity contribution in [2.24, 2.45) is 0 Å². The van der Waals surface area contributed by atoms with Crippen LogP contribution in [0.2, 0.25) is 5.02 Å². The summed E-state index contributed by atoms with van der Waals surface area (Å²) in [5.41, 5.74) is 1.12. The van der Waals surface area contributed by atoms with E-state index < -0.39 is 0 Å². The topological polar surface area (TPSA) is 26.3 Å². The first kappa shape index (κ1) is 13.0. The summed E-state index contributed by atoms with van der Waals surface area (Å²) in [7, 11) is 0. The number of hydrogen-bond donors (Lipinski definition) is 0. The zero-order chi connectivity index (χ0) is 12.3. The van der Waals surface area contributed by atoms with E-state index in [1.165, 1.54) is 0 Å². The second-order valence-corrected chi connectivity index (χ2v) is 7.64. The summed E-state index contributed by atoms with van der Waals surface area (Å²) in [5, 5.41) is 0.727. The SMILES string of the molecule is CCOC(=O)C1SC(c2ccc(Cl)cc2)=C[Se]1. The zero-order valence-corrected chi connectivity index (χ0v) is 12.5. The first-order valence-corrected chi connectivity index (χ1v) is 8.39. The van der Waals surface area contributed by atoms with Gasteiger partial charge in [0.05, 0.1) is 0 Å². The molecule has 1 atom stereocenters. The summed E-state index contributed by atoms with van der Waals surface area (Å²) in [4.78, 5) is 14.9. The van der Waals surface area contributed by atoms with E-state index in [0.29, 0.717) is 6.61 Å². The predicted octanol–water partition coefficient (Wildman–Crippen LogP) is 2.98. The minimum atomic E-state index is -0.0993. The number of carbonyl (C=O) groups excluding carboxylic acids is 1. The van der Waals surface area contributed by atoms with Crippen molar-refractivity contribution in [2.45, 2.75) is 11.1 Å². The molecule has 0 radical (unpaired) electrons. The van der Waals surface area contributed by atoms with Crippen LogP contribution in [0.3, 0.4) is 0 Å². The number of hydrogen-bond acceptors (Lipinski definition) is 3. The molecule has 0 bridgehead atoms. The molecule has 90 valence electrons. The second kappa shape index (κ2) is 5.96. The van der Waals surface area contributed by atoms with Crippen LogP contribution in [-0.2, 0) is 9.53 Å². The molecular weight excluding hydrogens is 323 g/mol. The summed E-state index contributed by atoms with van der Waals surface area (Å²) in [6.45, 7) is 2.28. The Morgan fingerprint density at radius 1 is 1.47 bits per heavy atom. The molecule has 0 fully saturated rings. The van der Waals surface area contributed by atoms with E-state index >= 15 is 0 Å². The molecule has 0 aromatic heterocycles. The molecule has 0 N–H and O–H groups in total. The molecule has 1 aromatic carbocycles. The van der Waals surface area contributed by atoms with E-state index in [1.807, 2.05) is 31.2 Å². The van der Waals surface area contributed by atoms with Crippen LogP contribution in [0.15, 0.2) is 29.2 Å². The van der Waals surface area contributed by atoms with Crippen LogP contribution in [0.25, 0.3) is 4.91 Å². The van der Waals surface area contributed by atoms with Gasteiger partial charge in [-0.25, -0.2) is 0 Å². The third-order valence-electron chi connectivity index (χ3n) is 2.14. The predicted molar refractivity (Wildman–Crippen MR) is 73.2 cm³/mol. The maximum absolute atomic E-state index is 11.6. The van der Waals surface area contributed by atoms with Gasteiger partial charge in [0.1, 0.15) is 0 Å². The van der Waals surface area contributed by atoms with Crippen LogP contribution in [0.1, 0.15) is 12.5 Å². The maximum atomic E-state index is 11.6. The summed E-state index contributed by atoms with van der Waals surface area (Å²) in [6.07, 6.45) is 0. The van der Waals surface area contributed by atoms with Crippen molar-refractivity contribution in [3.8, 4) is 0 Å². The van der Waals surface area contributed by atoms with Gasteiger partial charge in [-0.1, -0.05) is 0 Å². The quantitative estimate of drug-likeness (QED) is 0.628. The number of rotatable bonds is 3. The zero-order valence-electron chi connectivity index (χ0n) is 9.18. The normalized spacial score (nSPS) is 18.9. The summed E-state index contributed by atoms with van der Waals surface area (Å²) in [6, 6.07) is 7.68. The number of thioether (sulfide) groups is 1. The van der Waals surface area contributed by atoms with Crippen molar-refractivity contribution in [3.05, 3.63) is 39.8 Å². The summed E-state index contributed by atoms with van der Waals surface area (Å²) < 4.78 is 5.00. The molecule has 1 unspecified atom stereocenters. The molecule has 0 saturated carbocycles. The molecule has 5 heteroatoms. The van der Waals surface area contributed by atoms with Gasteiger partial charge >= 0.3 is 116 Å². The van der Waals surface area contributed by atoms with Crippen molar-refractivity contribution in [1.29, 1.82) is 0 Å². The second-order valence-electron chi connectivity index (χ2n) is 3.33. The van der Waals surface area contributed by atoms with Gasteiger partial charge in [-0.15, -0.1) is 0 Å². The first-order valence-electron chi connectivity index (χ1n) is 5.15. The Labute approximate surface area is 116 Å². The Balaban J connectivity index is 2.02. The van der Waals surface area contributed by atoms with E-state index in [-0.39, 0.29) is 25.1 Å². The summed E-state index contributed by atoms with van der Waals surface area (Å²) >= 11 is 7.60. The Bertz CT molecular complexity index is 444. The van der Waals surface area contributed by atoms with Crippen LogP contribution in [0, 0.1) is 0 Å². The molecule has 17 heavy (non-hydrogen) atoms. The number of esters is 1. The molecule has 1 aromatic rings. The number of carbonyl (C=O) groups is 1. The number of halogens is 1. The fourth-order valence-electron chi connectivity index (χ4n) is 1.36. The van der Waals surface area contributed by atoms with Crippen molar-refractivity contribution < 1.29 is 9.53 Å². The van der Waals surface area contributed by atoms with Crippen LogP contribution in [0.4, 0.5) is 0 Å². The van der Waals surface area contributed by atoms with Crippen LogP contribution < -0.4 is 0 Å². The third-order valence-corrected chi connectivity index (χ3v) is 6.63. The van der Waals surface area contributed by atoms with Crippen molar-refractivity contribution >= 4 is 49.2 Å². The monoisotopic (exact) mass is 334 g/mol. The molecule has 0 saturated heterocycles. The molecular formula is C12H11ClO2SSe. The average Bonchev–Trinajstić information content (AvgIpc) is 2.80. The van der Waals surface area contributed by atoms with Gasteiger partial charge in [0.25, 0.3) is 0 Å². The van der Waals surface area contributed by atoms with Gasteiger partial charge < -0.3 is 0 Å². The van der Waals surface area contributed by atoms with Crippen LogP contribution >= 0.6 is 23.4 Å². The van der Waals surface area contributed by atoms with E-state index in [1.54, 1.807) is 11.8 Å². The fraction of sp³-hybridized carbons (Fsp3) is 0.250. The molecule has 0 spiro atoms. The molecule has 2 rings (SSSR count). The fourth-order valence-corrected chi connectivity index (χ4v) is 5.37. The van der Waals surface area contributed by atoms with Crippen molar-refractivity contribution in [2.75, 3.05) is 6.61 Å². The van der Waals surface area contributed by atoms with Crippen LogP contribution in [-0.4, -0.2) is 31.7 Å². The van der Waals surface area contributed by atoms with Gasteiger partial charge in [-0.05, 0) is 0 Å². The summed E-state index contributed by atoms with van der Waals surface area (Å²) in [5.74, 6) is -0.0993. The molecule has 0 aliphatic carbocycles. The molecule has 1 heterocycles.